The Morgan fingerprint density at radius 3 is 1.59 bits per heavy atom. The molecule has 0 aliphatic heterocycles. The van der Waals surface area contributed by atoms with E-state index in [4.69, 9.17) is 4.74 Å². The van der Waals surface area contributed by atoms with E-state index in [1.54, 1.807) is 13.8 Å². The Labute approximate surface area is 242 Å². The van der Waals surface area contributed by atoms with Crippen molar-refractivity contribution >= 4 is 33.0 Å². The highest BCUT2D eigenvalue weighted by Gasteiger charge is 2.40. The molecule has 0 aromatic heterocycles. The van der Waals surface area contributed by atoms with Crippen LogP contribution < -0.4 is 0 Å². The van der Waals surface area contributed by atoms with Crippen LogP contribution in [0, 0.1) is 5.92 Å². The van der Waals surface area contributed by atoms with Crippen molar-refractivity contribution in [3.8, 4) is 0 Å². The second kappa shape index (κ2) is 15.5. The summed E-state index contributed by atoms with van der Waals surface area (Å²) in [4.78, 5) is 27.1. The zero-order chi connectivity index (χ0) is 30.6. The summed E-state index contributed by atoms with van der Waals surface area (Å²) in [5.74, 6) is -2.45. The van der Waals surface area contributed by atoms with Crippen LogP contribution in [-0.4, -0.2) is 42.9 Å². The van der Waals surface area contributed by atoms with Crippen molar-refractivity contribution in [2.45, 2.75) is 53.2 Å². The van der Waals surface area contributed by atoms with Crippen LogP contribution in [0.2, 0.25) is 0 Å². The third kappa shape index (κ3) is 10.8. The predicted molar refractivity (Wildman–Crippen MR) is 151 cm³/mol. The summed E-state index contributed by atoms with van der Waals surface area (Å²) in [6.07, 6.45) is -1.54. The Morgan fingerprint density at radius 2 is 1.27 bits per heavy atom. The lowest BCUT2D eigenvalue weighted by atomic mass is 10.1. The molecule has 7 nitrogen and oxygen atoms in total. The van der Waals surface area contributed by atoms with Crippen molar-refractivity contribution in [2.24, 2.45) is 5.92 Å². The molecule has 0 radical (unpaired) electrons. The number of carbonyl (C=O) groups is 2. The van der Waals surface area contributed by atoms with Crippen LogP contribution in [0.1, 0.15) is 27.2 Å². The predicted octanol–water partition coefficient (Wildman–Crippen LogP) is 5.98. The van der Waals surface area contributed by atoms with Gasteiger partial charge in [-0.3, -0.25) is 0 Å². The van der Waals surface area contributed by atoms with E-state index in [-0.39, 0.29) is 28.8 Å². The smallest absolute Gasteiger partial charge is 0.367 e. The number of esters is 2. The molecular formula is C30H32F2O7S2. The van der Waals surface area contributed by atoms with E-state index >= 15 is 0 Å². The first kappa shape index (κ1) is 33.7. The molecule has 0 saturated heterocycles. The highest BCUT2D eigenvalue weighted by molar-refractivity contribution is 7.97. The third-order valence-corrected chi connectivity index (χ3v) is 8.31. The van der Waals surface area contributed by atoms with Crippen LogP contribution in [0.25, 0.3) is 0 Å². The van der Waals surface area contributed by atoms with Crippen molar-refractivity contribution in [3.05, 3.63) is 103 Å². The molecular weight excluding hydrogens is 574 g/mol. The van der Waals surface area contributed by atoms with Gasteiger partial charge in [-0.05, 0) is 55.7 Å². The molecule has 0 N–H and O–H groups in total. The van der Waals surface area contributed by atoms with Gasteiger partial charge in [0.1, 0.15) is 0 Å². The van der Waals surface area contributed by atoms with E-state index in [1.807, 2.05) is 0 Å². The van der Waals surface area contributed by atoms with Crippen LogP contribution >= 0.6 is 0 Å². The second-order valence-electron chi connectivity index (χ2n) is 9.25. The Hall–Kier alpha value is -3.54. The number of ether oxygens (including phenoxy) is 2. The minimum absolute atomic E-state index is 0.0146. The fourth-order valence-electron chi connectivity index (χ4n) is 3.25. The molecule has 3 rings (SSSR count). The zero-order valence-corrected chi connectivity index (χ0v) is 24.5. The minimum atomic E-state index is -5.97. The minimum Gasteiger partial charge on any atom is -0.743 e. The van der Waals surface area contributed by atoms with Crippen LogP contribution in [0.15, 0.2) is 118 Å². The molecule has 220 valence electrons. The lowest BCUT2D eigenvalue weighted by molar-refractivity contribution is -0.170. The van der Waals surface area contributed by atoms with Crippen LogP contribution in [0.3, 0.4) is 0 Å². The molecule has 0 fully saturated rings. The first-order valence-corrected chi connectivity index (χ1v) is 15.1. The molecule has 0 bridgehead atoms. The van der Waals surface area contributed by atoms with Gasteiger partial charge < -0.3 is 14.0 Å². The number of hydrogen-bond acceptors (Lipinski definition) is 7. The average molecular weight is 607 g/mol. The summed E-state index contributed by atoms with van der Waals surface area (Å²) in [6.45, 7) is 6.01. The molecule has 1 unspecified atom stereocenters. The van der Waals surface area contributed by atoms with Crippen molar-refractivity contribution in [2.75, 3.05) is 6.61 Å². The van der Waals surface area contributed by atoms with Crippen molar-refractivity contribution in [1.82, 2.24) is 0 Å². The largest absolute Gasteiger partial charge is 0.743 e. The molecule has 0 aliphatic carbocycles. The number of carbonyl (C=O) groups excluding carboxylic acids is 2. The van der Waals surface area contributed by atoms with Crippen molar-refractivity contribution < 1.29 is 40.8 Å². The maximum Gasteiger partial charge on any atom is 0.367 e. The van der Waals surface area contributed by atoms with Crippen LogP contribution in [0.4, 0.5) is 8.78 Å². The second-order valence-corrected chi connectivity index (χ2v) is 12.8. The van der Waals surface area contributed by atoms with Gasteiger partial charge >= 0.3 is 17.2 Å². The molecule has 0 amide bonds. The van der Waals surface area contributed by atoms with Gasteiger partial charge in [0.25, 0.3) is 0 Å². The average Bonchev–Trinajstić information content (AvgIpc) is 2.93. The molecule has 0 spiro atoms. The standard InChI is InChI=1S/C18H15S.C12H18F2O7S/c1-4-10-16(11-5-1)19(17-12-6-2-7-13-17)18-14-8-3-9-15-18;1-7(2)5-9(21-10(15)8(3)4)11(16)20-6-12(13,14)22(17,18)19/h1-15H;7,9H,3,5-6H2,1-2,4H3,(H,17,18,19)/q+1;/p-1. The Bertz CT molecular complexity index is 1290. The zero-order valence-electron chi connectivity index (χ0n) is 22.9. The maximum atomic E-state index is 12.9. The van der Waals surface area contributed by atoms with Crippen LogP contribution in [0.5, 0.6) is 0 Å². The summed E-state index contributed by atoms with van der Waals surface area (Å²) in [6, 6.07) is 32.2. The summed E-state index contributed by atoms with van der Waals surface area (Å²) in [5.41, 5.74) is -0.0194. The van der Waals surface area contributed by atoms with Crippen molar-refractivity contribution in [1.29, 1.82) is 0 Å². The Morgan fingerprint density at radius 1 is 0.878 bits per heavy atom. The first-order valence-electron chi connectivity index (χ1n) is 12.5. The molecule has 3 aromatic carbocycles. The SMILES string of the molecule is C=C(C)C(=O)OC(CC(C)C)C(=O)OCC(F)(F)S(=O)(=O)[O-].c1ccc([S+](c2ccccc2)c2ccccc2)cc1. The van der Waals surface area contributed by atoms with Gasteiger partial charge in [0.15, 0.2) is 37.5 Å². The Balaban J connectivity index is 0.000000288. The quantitative estimate of drug-likeness (QED) is 0.114. The van der Waals surface area contributed by atoms with E-state index < -0.39 is 40.0 Å². The maximum absolute atomic E-state index is 12.9. The molecule has 0 saturated carbocycles. The summed E-state index contributed by atoms with van der Waals surface area (Å²) in [5, 5.41) is -4.76. The van der Waals surface area contributed by atoms with Gasteiger partial charge in [0.2, 0.25) is 0 Å². The summed E-state index contributed by atoms with van der Waals surface area (Å²) >= 11 is 0. The first-order chi connectivity index (χ1) is 19.2. The van der Waals surface area contributed by atoms with E-state index in [0.29, 0.717) is 0 Å². The van der Waals surface area contributed by atoms with Gasteiger partial charge in [-0.1, -0.05) is 75.0 Å². The lowest BCUT2D eigenvalue weighted by Crippen LogP contribution is -2.38. The van der Waals surface area contributed by atoms with Gasteiger partial charge in [0.05, 0.1) is 10.9 Å². The normalized spacial score (nSPS) is 12.2. The van der Waals surface area contributed by atoms with Gasteiger partial charge in [0, 0.05) is 5.57 Å². The number of alkyl halides is 2. The fraction of sp³-hybridized carbons (Fsp3) is 0.267. The fourth-order valence-corrected chi connectivity index (χ4v) is 5.56. The van der Waals surface area contributed by atoms with E-state index in [9.17, 15) is 31.3 Å². The topological polar surface area (TPSA) is 110 Å². The molecule has 1 atom stereocenters. The van der Waals surface area contributed by atoms with Gasteiger partial charge in [-0.25, -0.2) is 18.0 Å². The summed E-state index contributed by atoms with van der Waals surface area (Å²) in [7, 11) is -5.98. The number of halogens is 2. The van der Waals surface area contributed by atoms with E-state index in [2.05, 4.69) is 102 Å². The van der Waals surface area contributed by atoms with E-state index in [0.717, 1.165) is 0 Å². The lowest BCUT2D eigenvalue weighted by Gasteiger charge is -2.22. The molecule has 41 heavy (non-hydrogen) atoms. The molecule has 0 heterocycles. The molecule has 3 aromatic rings. The van der Waals surface area contributed by atoms with Crippen LogP contribution in [-0.2, 0) is 40.1 Å². The summed E-state index contributed by atoms with van der Waals surface area (Å²) < 4.78 is 65.5. The number of rotatable bonds is 11. The highest BCUT2D eigenvalue weighted by Crippen LogP contribution is 2.30. The van der Waals surface area contributed by atoms with Gasteiger partial charge in [-0.15, -0.1) is 0 Å². The van der Waals surface area contributed by atoms with Crippen molar-refractivity contribution in [3.63, 3.8) is 0 Å². The monoisotopic (exact) mass is 606 g/mol. The highest BCUT2D eigenvalue weighted by atomic mass is 32.2. The van der Waals surface area contributed by atoms with E-state index in [1.165, 1.54) is 21.6 Å². The third-order valence-electron chi connectivity index (χ3n) is 5.23. The number of hydrogen-bond donors (Lipinski definition) is 0. The molecule has 0 aliphatic rings. The molecule has 11 heteroatoms. The van der Waals surface area contributed by atoms with Gasteiger partial charge in [-0.2, -0.15) is 8.78 Å². The number of benzene rings is 3. The Kier molecular flexibility index (Phi) is 12.7.